The monoisotopic (exact) mass is 263 g/mol. The van der Waals surface area contributed by atoms with E-state index in [1.165, 1.54) is 5.56 Å². The van der Waals surface area contributed by atoms with Crippen molar-refractivity contribution in [2.75, 3.05) is 13.6 Å². The Morgan fingerprint density at radius 1 is 1.26 bits per heavy atom. The fourth-order valence-corrected chi connectivity index (χ4v) is 1.70. The van der Waals surface area contributed by atoms with Gasteiger partial charge in [0.25, 0.3) is 0 Å². The minimum absolute atomic E-state index is 0.0778. The summed E-state index contributed by atoms with van der Waals surface area (Å²) in [5.41, 5.74) is 6.15. The van der Waals surface area contributed by atoms with Crippen molar-refractivity contribution >= 4 is 5.91 Å². The molecule has 0 aliphatic carbocycles. The fourth-order valence-electron chi connectivity index (χ4n) is 1.70. The van der Waals surface area contributed by atoms with Gasteiger partial charge < -0.3 is 10.6 Å². The second kappa shape index (κ2) is 5.70. The molecule has 2 N–H and O–H groups in total. The number of carbonyl (C=O) groups is 1. The van der Waals surface area contributed by atoms with Crippen molar-refractivity contribution in [1.29, 1.82) is 0 Å². The van der Waals surface area contributed by atoms with E-state index in [0.717, 1.165) is 6.42 Å². The van der Waals surface area contributed by atoms with Gasteiger partial charge in [0.1, 0.15) is 0 Å². The highest BCUT2D eigenvalue weighted by Crippen LogP contribution is 2.30. The summed E-state index contributed by atoms with van der Waals surface area (Å²) in [6.07, 6.45) is 4.36. The molecule has 1 rings (SSSR count). The molecule has 0 atom stereocenters. The second-order valence-electron chi connectivity index (χ2n) is 6.18. The third-order valence-corrected chi connectivity index (χ3v) is 3.98. The average Bonchev–Trinajstić information content (AvgIpc) is 2.34. The van der Waals surface area contributed by atoms with Gasteiger partial charge in [0.2, 0.25) is 5.91 Å². The quantitative estimate of drug-likeness (QED) is 0.882. The Bertz CT molecular complexity index is 421. The molecule has 0 fully saturated rings. The molecule has 0 aromatic carbocycles. The molecular weight excluding hydrogens is 238 g/mol. The van der Waals surface area contributed by atoms with Gasteiger partial charge in [-0.2, -0.15) is 0 Å². The molecule has 1 aromatic rings. The van der Waals surface area contributed by atoms with Crippen molar-refractivity contribution in [3.05, 3.63) is 30.1 Å². The number of aromatic nitrogens is 1. The smallest absolute Gasteiger partial charge is 0.229 e. The molecule has 1 aromatic heterocycles. The summed E-state index contributed by atoms with van der Waals surface area (Å²) in [5, 5.41) is 0. The van der Waals surface area contributed by atoms with Gasteiger partial charge in [-0.1, -0.05) is 0 Å². The molecule has 0 aliphatic heterocycles. The van der Waals surface area contributed by atoms with Crippen LogP contribution < -0.4 is 5.73 Å². The Labute approximate surface area is 116 Å². The summed E-state index contributed by atoms with van der Waals surface area (Å²) in [6.45, 7) is 8.27. The summed E-state index contributed by atoms with van der Waals surface area (Å²) in [7, 11) is 1.83. The van der Waals surface area contributed by atoms with Crippen LogP contribution in [0.4, 0.5) is 0 Å². The van der Waals surface area contributed by atoms with E-state index in [0.29, 0.717) is 6.54 Å². The topological polar surface area (TPSA) is 59.2 Å². The van der Waals surface area contributed by atoms with Crippen LogP contribution in [0.3, 0.4) is 0 Å². The lowest BCUT2D eigenvalue weighted by Crippen LogP contribution is -2.56. The number of carbonyl (C=O) groups excluding carboxylic acids is 1. The lowest BCUT2D eigenvalue weighted by molar-refractivity contribution is -0.142. The van der Waals surface area contributed by atoms with Crippen LogP contribution >= 0.6 is 0 Å². The van der Waals surface area contributed by atoms with E-state index in [2.05, 4.69) is 4.98 Å². The van der Waals surface area contributed by atoms with E-state index in [4.69, 9.17) is 5.73 Å². The third kappa shape index (κ3) is 3.77. The molecule has 4 heteroatoms. The van der Waals surface area contributed by atoms with Crippen LogP contribution in [0.25, 0.3) is 0 Å². The molecular formula is C15H25N3O. The summed E-state index contributed by atoms with van der Waals surface area (Å²) in [6, 6.07) is 3.94. The number of nitrogens with two attached hydrogens (primary N) is 1. The van der Waals surface area contributed by atoms with Gasteiger partial charge in [0, 0.05) is 31.5 Å². The molecule has 0 saturated carbocycles. The summed E-state index contributed by atoms with van der Waals surface area (Å²) >= 11 is 0. The Morgan fingerprint density at radius 2 is 1.79 bits per heavy atom. The van der Waals surface area contributed by atoms with Crippen molar-refractivity contribution in [3.8, 4) is 0 Å². The average molecular weight is 263 g/mol. The maximum Gasteiger partial charge on any atom is 0.229 e. The van der Waals surface area contributed by atoms with Crippen molar-refractivity contribution in [2.24, 2.45) is 11.1 Å². The molecule has 1 amide bonds. The molecule has 0 radical (unpaired) electrons. The van der Waals surface area contributed by atoms with Crippen LogP contribution in [0, 0.1) is 5.41 Å². The maximum atomic E-state index is 12.5. The predicted octanol–water partition coefficient (Wildman–Crippen LogP) is 1.85. The van der Waals surface area contributed by atoms with Gasteiger partial charge in [0.15, 0.2) is 0 Å². The summed E-state index contributed by atoms with van der Waals surface area (Å²) in [4.78, 5) is 18.2. The number of amides is 1. The standard InChI is InChI=1S/C15H25N3O/c1-14(2,15(3,4)16)13(19)18(5)11-8-12-6-9-17-10-7-12/h6-7,9-10H,8,11,16H2,1-5H3. The van der Waals surface area contributed by atoms with Crippen LogP contribution in [0.1, 0.15) is 33.3 Å². The van der Waals surface area contributed by atoms with Gasteiger partial charge in [-0.05, 0) is 51.8 Å². The van der Waals surface area contributed by atoms with E-state index in [-0.39, 0.29) is 5.91 Å². The van der Waals surface area contributed by atoms with Crippen molar-refractivity contribution in [3.63, 3.8) is 0 Å². The zero-order valence-corrected chi connectivity index (χ0v) is 12.6. The summed E-state index contributed by atoms with van der Waals surface area (Å²) < 4.78 is 0. The van der Waals surface area contributed by atoms with E-state index in [1.807, 2.05) is 46.9 Å². The highest BCUT2D eigenvalue weighted by molar-refractivity contribution is 5.83. The van der Waals surface area contributed by atoms with E-state index in [9.17, 15) is 4.79 Å². The Morgan fingerprint density at radius 3 is 2.26 bits per heavy atom. The third-order valence-electron chi connectivity index (χ3n) is 3.98. The molecule has 106 valence electrons. The first-order valence-corrected chi connectivity index (χ1v) is 6.59. The first-order valence-electron chi connectivity index (χ1n) is 6.59. The number of hydrogen-bond donors (Lipinski definition) is 1. The minimum atomic E-state index is -0.583. The number of nitrogens with zero attached hydrogens (tertiary/aromatic N) is 2. The van der Waals surface area contributed by atoms with Gasteiger partial charge in [-0.15, -0.1) is 0 Å². The molecule has 0 spiro atoms. The molecule has 19 heavy (non-hydrogen) atoms. The largest absolute Gasteiger partial charge is 0.345 e. The SMILES string of the molecule is CN(CCc1ccncc1)C(=O)C(C)(C)C(C)(C)N. The Kier molecular flexibility index (Phi) is 4.69. The number of pyridine rings is 1. The molecule has 1 heterocycles. The molecule has 4 nitrogen and oxygen atoms in total. The zero-order valence-electron chi connectivity index (χ0n) is 12.6. The maximum absolute atomic E-state index is 12.5. The van der Waals surface area contributed by atoms with Crippen molar-refractivity contribution in [2.45, 2.75) is 39.7 Å². The Hall–Kier alpha value is -1.42. The number of likely N-dealkylation sites (N-methyl/N-ethyl adjacent to an activating group) is 1. The van der Waals surface area contributed by atoms with Crippen LogP contribution in [0.5, 0.6) is 0 Å². The normalized spacial score (nSPS) is 12.3. The Balaban J connectivity index is 2.64. The number of hydrogen-bond acceptors (Lipinski definition) is 3. The van der Waals surface area contributed by atoms with Crippen LogP contribution in [0.2, 0.25) is 0 Å². The van der Waals surface area contributed by atoms with Crippen LogP contribution in [0.15, 0.2) is 24.5 Å². The van der Waals surface area contributed by atoms with Gasteiger partial charge in [-0.3, -0.25) is 9.78 Å². The van der Waals surface area contributed by atoms with E-state index >= 15 is 0 Å². The van der Waals surface area contributed by atoms with Crippen LogP contribution in [-0.4, -0.2) is 34.9 Å². The highest BCUT2D eigenvalue weighted by Gasteiger charge is 2.41. The molecule has 0 saturated heterocycles. The van der Waals surface area contributed by atoms with Gasteiger partial charge in [-0.25, -0.2) is 0 Å². The second-order valence-corrected chi connectivity index (χ2v) is 6.18. The molecule has 0 unspecified atom stereocenters. The van der Waals surface area contributed by atoms with Crippen LogP contribution in [-0.2, 0) is 11.2 Å². The van der Waals surface area contributed by atoms with E-state index < -0.39 is 11.0 Å². The van der Waals surface area contributed by atoms with Gasteiger partial charge >= 0.3 is 0 Å². The number of rotatable bonds is 5. The zero-order chi connectivity index (χ0) is 14.7. The first kappa shape index (κ1) is 15.6. The summed E-state index contributed by atoms with van der Waals surface area (Å²) in [5.74, 6) is 0.0778. The van der Waals surface area contributed by atoms with Crippen molar-refractivity contribution < 1.29 is 4.79 Å². The van der Waals surface area contributed by atoms with Gasteiger partial charge in [0.05, 0.1) is 5.41 Å². The fraction of sp³-hybridized carbons (Fsp3) is 0.600. The van der Waals surface area contributed by atoms with E-state index in [1.54, 1.807) is 17.3 Å². The lowest BCUT2D eigenvalue weighted by atomic mass is 9.74. The predicted molar refractivity (Wildman–Crippen MR) is 77.6 cm³/mol. The lowest BCUT2D eigenvalue weighted by Gasteiger charge is -2.39. The van der Waals surface area contributed by atoms with Crippen molar-refractivity contribution in [1.82, 2.24) is 9.88 Å². The first-order chi connectivity index (χ1) is 8.66. The minimum Gasteiger partial charge on any atom is -0.345 e. The molecule has 0 bridgehead atoms. The highest BCUT2D eigenvalue weighted by atomic mass is 16.2. The molecule has 0 aliphatic rings.